The molecule has 14 heavy (non-hydrogen) atoms. The molecule has 0 atom stereocenters. The van der Waals surface area contributed by atoms with Gasteiger partial charge in [-0.3, -0.25) is 4.79 Å². The van der Waals surface area contributed by atoms with Gasteiger partial charge in [0.05, 0.1) is 0 Å². The van der Waals surface area contributed by atoms with E-state index in [1.165, 1.54) is 0 Å². The van der Waals surface area contributed by atoms with Crippen molar-refractivity contribution >= 4 is 12.4 Å². The lowest BCUT2D eigenvalue weighted by Gasteiger charge is -2.05. The maximum absolute atomic E-state index is 10.9. The van der Waals surface area contributed by atoms with Crippen LogP contribution in [0.15, 0.2) is 12.1 Å². The van der Waals surface area contributed by atoms with E-state index in [9.17, 15) is 9.59 Å². The Balaban J connectivity index is 2.59. The van der Waals surface area contributed by atoms with E-state index >= 15 is 0 Å². The van der Waals surface area contributed by atoms with E-state index in [2.05, 4.69) is 10.2 Å². The third-order valence-corrected chi connectivity index (χ3v) is 1.32. The maximum atomic E-state index is 10.9. The molecule has 1 aromatic rings. The zero-order valence-corrected chi connectivity index (χ0v) is 7.01. The SMILES string of the molecule is O=CNCC(=O)On1c(O)ccc1O. The van der Waals surface area contributed by atoms with Crippen LogP contribution in [0.1, 0.15) is 0 Å². The third-order valence-electron chi connectivity index (χ3n) is 1.32. The molecular weight excluding hydrogens is 192 g/mol. The molecule has 7 heteroatoms. The minimum Gasteiger partial charge on any atom is -0.492 e. The number of nitrogens with one attached hydrogen (secondary N) is 1. The second kappa shape index (κ2) is 4.17. The summed E-state index contributed by atoms with van der Waals surface area (Å²) in [6, 6.07) is 2.30. The van der Waals surface area contributed by atoms with Crippen LogP contribution in [0.5, 0.6) is 11.8 Å². The minimum absolute atomic E-state index is 0.330. The van der Waals surface area contributed by atoms with E-state index in [-0.39, 0.29) is 6.54 Å². The molecule has 1 aromatic heterocycles. The summed E-state index contributed by atoms with van der Waals surface area (Å²) < 4.78 is 0.537. The predicted molar refractivity (Wildman–Crippen MR) is 43.4 cm³/mol. The lowest BCUT2D eigenvalue weighted by Crippen LogP contribution is -2.29. The lowest BCUT2D eigenvalue weighted by atomic mass is 10.6. The highest BCUT2D eigenvalue weighted by Crippen LogP contribution is 2.18. The average Bonchev–Trinajstić information content (AvgIpc) is 2.46. The normalized spacial score (nSPS) is 9.43. The van der Waals surface area contributed by atoms with Gasteiger partial charge in [0.25, 0.3) is 0 Å². The Morgan fingerprint density at radius 3 is 2.57 bits per heavy atom. The zero-order valence-electron chi connectivity index (χ0n) is 7.01. The summed E-state index contributed by atoms with van der Waals surface area (Å²) in [4.78, 5) is 25.2. The molecule has 0 aromatic carbocycles. The molecule has 0 fully saturated rings. The number of aromatic hydroxyl groups is 2. The fourth-order valence-electron chi connectivity index (χ4n) is 0.754. The number of carbonyl (C=O) groups excluding carboxylic acids is 2. The van der Waals surface area contributed by atoms with Crippen molar-refractivity contribution in [2.24, 2.45) is 0 Å². The smallest absolute Gasteiger partial charge is 0.352 e. The third kappa shape index (κ3) is 2.16. The molecule has 3 N–H and O–H groups in total. The molecule has 1 amide bonds. The topological polar surface area (TPSA) is 101 Å². The predicted octanol–water partition coefficient (Wildman–Crippen LogP) is -1.40. The van der Waals surface area contributed by atoms with Crippen molar-refractivity contribution in [2.75, 3.05) is 6.54 Å². The van der Waals surface area contributed by atoms with Gasteiger partial charge < -0.3 is 20.4 Å². The Hall–Kier alpha value is -2.18. The van der Waals surface area contributed by atoms with Crippen molar-refractivity contribution in [1.82, 2.24) is 10.0 Å². The van der Waals surface area contributed by atoms with Crippen LogP contribution in [0.4, 0.5) is 0 Å². The molecule has 0 unspecified atom stereocenters. The first kappa shape index (κ1) is 9.90. The van der Waals surface area contributed by atoms with Gasteiger partial charge in [-0.1, -0.05) is 0 Å². The standard InChI is InChI=1S/C7H8N2O5/c10-4-8-3-7(13)14-9-5(11)1-2-6(9)12/h1-2,4,11-12H,3H2,(H,8,10). The second-order valence-electron chi connectivity index (χ2n) is 2.31. The zero-order chi connectivity index (χ0) is 10.6. The number of aromatic nitrogens is 1. The summed E-state index contributed by atoms with van der Waals surface area (Å²) in [5.74, 6) is -1.65. The van der Waals surface area contributed by atoms with Gasteiger partial charge in [-0.15, -0.1) is 4.73 Å². The molecule has 0 bridgehead atoms. The molecule has 1 rings (SSSR count). The fourth-order valence-corrected chi connectivity index (χ4v) is 0.754. The first-order valence-corrected chi connectivity index (χ1v) is 3.63. The summed E-state index contributed by atoms with van der Waals surface area (Å²) in [5.41, 5.74) is 0. The molecule has 0 radical (unpaired) electrons. The highest BCUT2D eigenvalue weighted by molar-refractivity contribution is 5.74. The molecule has 1 heterocycles. The largest absolute Gasteiger partial charge is 0.492 e. The number of hydrogen-bond acceptors (Lipinski definition) is 5. The molecule has 0 saturated heterocycles. The summed E-state index contributed by atoms with van der Waals surface area (Å²) in [5, 5.41) is 20.2. The molecule has 0 aliphatic carbocycles. The Bertz CT molecular complexity index is 326. The van der Waals surface area contributed by atoms with E-state index in [0.29, 0.717) is 11.1 Å². The molecular formula is C7H8N2O5. The van der Waals surface area contributed by atoms with Crippen molar-refractivity contribution in [3.63, 3.8) is 0 Å². The van der Waals surface area contributed by atoms with Gasteiger partial charge in [0, 0.05) is 12.1 Å². The van der Waals surface area contributed by atoms with Crippen LogP contribution in [0, 0.1) is 0 Å². The van der Waals surface area contributed by atoms with Gasteiger partial charge in [0.2, 0.25) is 18.2 Å². The quantitative estimate of drug-likeness (QED) is 0.519. The van der Waals surface area contributed by atoms with Gasteiger partial charge in [-0.2, -0.15) is 0 Å². The summed E-state index contributed by atoms with van der Waals surface area (Å²) in [7, 11) is 0. The van der Waals surface area contributed by atoms with Crippen molar-refractivity contribution < 1.29 is 24.6 Å². The molecule has 7 nitrogen and oxygen atoms in total. The molecule has 0 aliphatic rings. The van der Waals surface area contributed by atoms with E-state index in [1.807, 2.05) is 0 Å². The first-order chi connectivity index (χ1) is 6.65. The van der Waals surface area contributed by atoms with Gasteiger partial charge in [-0.25, -0.2) is 4.79 Å². The number of amides is 1. The van der Waals surface area contributed by atoms with E-state index < -0.39 is 17.7 Å². The second-order valence-corrected chi connectivity index (χ2v) is 2.31. The van der Waals surface area contributed by atoms with Crippen molar-refractivity contribution in [2.45, 2.75) is 0 Å². The van der Waals surface area contributed by atoms with E-state index in [4.69, 9.17) is 10.2 Å². The fraction of sp³-hybridized carbons (Fsp3) is 0.143. The van der Waals surface area contributed by atoms with Crippen molar-refractivity contribution in [3.05, 3.63) is 12.1 Å². The Labute approximate surface area is 78.5 Å². The van der Waals surface area contributed by atoms with Crippen molar-refractivity contribution in [1.29, 1.82) is 0 Å². The van der Waals surface area contributed by atoms with Crippen LogP contribution in [0.3, 0.4) is 0 Å². The van der Waals surface area contributed by atoms with Crippen LogP contribution in [0.25, 0.3) is 0 Å². The lowest BCUT2D eigenvalue weighted by molar-refractivity contribution is -0.144. The number of rotatable bonds is 4. The van der Waals surface area contributed by atoms with Gasteiger partial charge >= 0.3 is 5.97 Å². The molecule has 0 aliphatic heterocycles. The van der Waals surface area contributed by atoms with Gasteiger partial charge in [0.15, 0.2) is 0 Å². The van der Waals surface area contributed by atoms with Crippen molar-refractivity contribution in [3.8, 4) is 11.8 Å². The van der Waals surface area contributed by atoms with Crippen LogP contribution >= 0.6 is 0 Å². The Morgan fingerprint density at radius 1 is 1.50 bits per heavy atom. The summed E-state index contributed by atoms with van der Waals surface area (Å²) in [6.07, 6.45) is 0.330. The molecule has 0 saturated carbocycles. The minimum atomic E-state index is -0.820. The number of nitrogens with zero attached hydrogens (tertiary/aromatic N) is 1. The van der Waals surface area contributed by atoms with E-state index in [1.54, 1.807) is 0 Å². The van der Waals surface area contributed by atoms with Crippen LogP contribution in [-0.4, -0.2) is 33.9 Å². The summed E-state index contributed by atoms with van der Waals surface area (Å²) in [6.45, 7) is -0.347. The Morgan fingerprint density at radius 2 is 2.07 bits per heavy atom. The number of carbonyl (C=O) groups is 2. The average molecular weight is 200 g/mol. The number of hydrogen-bond donors (Lipinski definition) is 3. The maximum Gasteiger partial charge on any atom is 0.352 e. The molecule has 76 valence electrons. The monoisotopic (exact) mass is 200 g/mol. The van der Waals surface area contributed by atoms with Gasteiger partial charge in [-0.05, 0) is 0 Å². The summed E-state index contributed by atoms with van der Waals surface area (Å²) >= 11 is 0. The van der Waals surface area contributed by atoms with Crippen LogP contribution in [-0.2, 0) is 9.59 Å². The molecule has 0 spiro atoms. The Kier molecular flexibility index (Phi) is 2.95. The highest BCUT2D eigenvalue weighted by atomic mass is 16.7. The van der Waals surface area contributed by atoms with Crippen LogP contribution < -0.4 is 10.2 Å². The van der Waals surface area contributed by atoms with Gasteiger partial charge in [0.1, 0.15) is 6.54 Å². The van der Waals surface area contributed by atoms with Crippen LogP contribution in [0.2, 0.25) is 0 Å². The highest BCUT2D eigenvalue weighted by Gasteiger charge is 2.11. The van der Waals surface area contributed by atoms with E-state index in [0.717, 1.165) is 12.1 Å². The first-order valence-electron chi connectivity index (χ1n) is 3.63.